The Balaban J connectivity index is 1.78. The third-order valence-corrected chi connectivity index (χ3v) is 4.44. The molecule has 3 heteroatoms. The maximum Gasteiger partial charge on any atom is 0.223 e. The van der Waals surface area contributed by atoms with E-state index in [0.717, 1.165) is 18.7 Å². The van der Waals surface area contributed by atoms with Crippen LogP contribution in [0.15, 0.2) is 48.8 Å². The van der Waals surface area contributed by atoms with E-state index in [0.29, 0.717) is 0 Å². The first-order valence-corrected chi connectivity index (χ1v) is 7.61. The minimum Gasteiger partial charge on any atom is -0.323 e. The van der Waals surface area contributed by atoms with Gasteiger partial charge >= 0.3 is 0 Å². The lowest BCUT2D eigenvalue weighted by Gasteiger charge is -2.14. The van der Waals surface area contributed by atoms with Crippen LogP contribution in [0.3, 0.4) is 0 Å². The molecular weight excluding hydrogens is 272 g/mol. The molecule has 0 saturated carbocycles. The Morgan fingerprint density at radius 2 is 1.95 bits per heavy atom. The number of anilines is 1. The van der Waals surface area contributed by atoms with E-state index in [-0.39, 0.29) is 5.91 Å². The number of amides is 1. The second-order valence-electron chi connectivity index (χ2n) is 6.03. The van der Waals surface area contributed by atoms with Crippen molar-refractivity contribution in [2.45, 2.75) is 20.3 Å². The summed E-state index contributed by atoms with van der Waals surface area (Å²) >= 11 is 0. The molecule has 2 aromatic heterocycles. The molecule has 4 rings (SSSR count). The first-order chi connectivity index (χ1) is 10.6. The monoisotopic (exact) mass is 290 g/mol. The molecule has 0 bridgehead atoms. The van der Waals surface area contributed by atoms with Gasteiger partial charge in [-0.05, 0) is 60.4 Å². The molecule has 1 aliphatic heterocycles. The average molecular weight is 290 g/mol. The number of fused-ring (bicyclic) bond motifs is 2. The largest absolute Gasteiger partial charge is 0.323 e. The van der Waals surface area contributed by atoms with Crippen molar-refractivity contribution in [1.29, 1.82) is 0 Å². The number of rotatable bonds is 1. The first kappa shape index (κ1) is 13.1. The van der Waals surface area contributed by atoms with Gasteiger partial charge in [-0.15, -0.1) is 0 Å². The number of hydrogen-bond donors (Lipinski definition) is 0. The normalized spacial score (nSPS) is 13.6. The van der Waals surface area contributed by atoms with E-state index in [1.54, 1.807) is 6.92 Å². The van der Waals surface area contributed by atoms with Crippen molar-refractivity contribution in [2.24, 2.45) is 0 Å². The summed E-state index contributed by atoms with van der Waals surface area (Å²) in [7, 11) is 0. The van der Waals surface area contributed by atoms with Crippen LogP contribution in [-0.2, 0) is 11.2 Å². The average Bonchev–Trinajstić information content (AvgIpc) is 3.09. The molecular formula is C19H18N2O. The van der Waals surface area contributed by atoms with E-state index in [9.17, 15) is 4.79 Å². The van der Waals surface area contributed by atoms with E-state index in [2.05, 4.69) is 60.1 Å². The molecule has 0 N–H and O–H groups in total. The van der Waals surface area contributed by atoms with Gasteiger partial charge in [0, 0.05) is 42.6 Å². The summed E-state index contributed by atoms with van der Waals surface area (Å²) in [5.74, 6) is 0.122. The van der Waals surface area contributed by atoms with Crippen molar-refractivity contribution >= 4 is 17.1 Å². The molecule has 1 aliphatic rings. The molecule has 0 atom stereocenters. The van der Waals surface area contributed by atoms with Gasteiger partial charge in [0.15, 0.2) is 0 Å². The molecule has 0 radical (unpaired) electrons. The summed E-state index contributed by atoms with van der Waals surface area (Å²) in [4.78, 5) is 13.5. The van der Waals surface area contributed by atoms with Gasteiger partial charge in [-0.3, -0.25) is 4.79 Å². The zero-order chi connectivity index (χ0) is 15.3. The third kappa shape index (κ3) is 2.01. The van der Waals surface area contributed by atoms with Gasteiger partial charge in [-0.25, -0.2) is 0 Å². The van der Waals surface area contributed by atoms with E-state index in [4.69, 9.17) is 0 Å². The molecule has 0 unspecified atom stereocenters. The Morgan fingerprint density at radius 3 is 2.77 bits per heavy atom. The van der Waals surface area contributed by atoms with Gasteiger partial charge in [-0.1, -0.05) is 6.07 Å². The number of nitrogens with zero attached hydrogens (tertiary/aromatic N) is 2. The zero-order valence-electron chi connectivity index (χ0n) is 12.8. The van der Waals surface area contributed by atoms with Crippen molar-refractivity contribution < 1.29 is 4.79 Å². The number of hydrogen-bond acceptors (Lipinski definition) is 1. The van der Waals surface area contributed by atoms with Crippen LogP contribution in [0.4, 0.5) is 5.69 Å². The Morgan fingerprint density at radius 1 is 1.09 bits per heavy atom. The van der Waals surface area contributed by atoms with Gasteiger partial charge in [-0.2, -0.15) is 0 Å². The molecule has 0 spiro atoms. The molecule has 22 heavy (non-hydrogen) atoms. The minimum absolute atomic E-state index is 0.122. The highest BCUT2D eigenvalue weighted by Crippen LogP contribution is 2.33. The van der Waals surface area contributed by atoms with Gasteiger partial charge in [0.2, 0.25) is 5.91 Å². The third-order valence-electron chi connectivity index (χ3n) is 4.44. The molecule has 3 nitrogen and oxygen atoms in total. The molecule has 0 fully saturated rings. The van der Waals surface area contributed by atoms with Crippen molar-refractivity contribution in [3.05, 3.63) is 59.9 Å². The Labute approximate surface area is 129 Å². The molecule has 110 valence electrons. The number of carbonyl (C=O) groups is 1. The second-order valence-corrected chi connectivity index (χ2v) is 6.03. The predicted octanol–water partition coefficient (Wildman–Crippen LogP) is 3.82. The van der Waals surface area contributed by atoms with Crippen molar-refractivity contribution in [1.82, 2.24) is 4.40 Å². The van der Waals surface area contributed by atoms with Crippen LogP contribution >= 0.6 is 0 Å². The summed E-state index contributed by atoms with van der Waals surface area (Å²) < 4.78 is 2.15. The quantitative estimate of drug-likeness (QED) is 0.668. The highest BCUT2D eigenvalue weighted by atomic mass is 16.2. The fourth-order valence-corrected chi connectivity index (χ4v) is 3.29. The highest BCUT2D eigenvalue weighted by Gasteiger charge is 2.22. The van der Waals surface area contributed by atoms with Crippen LogP contribution < -0.4 is 4.90 Å². The lowest BCUT2D eigenvalue weighted by Crippen LogP contribution is -2.25. The summed E-state index contributed by atoms with van der Waals surface area (Å²) in [6, 6.07) is 12.9. The summed E-state index contributed by atoms with van der Waals surface area (Å²) in [6.45, 7) is 4.54. The number of carbonyl (C=O) groups excluding carboxylic acids is 1. The van der Waals surface area contributed by atoms with Crippen molar-refractivity contribution in [3.8, 4) is 11.1 Å². The molecule has 0 saturated heterocycles. The number of pyridine rings is 1. The SMILES string of the molecule is CC(=O)N1CCc2cc(-c3cc4cc(C)ccn4c3)ccc21. The van der Waals surface area contributed by atoms with E-state index < -0.39 is 0 Å². The van der Waals surface area contributed by atoms with Crippen LogP contribution in [0.1, 0.15) is 18.1 Å². The summed E-state index contributed by atoms with van der Waals surface area (Å²) in [5, 5.41) is 0. The minimum atomic E-state index is 0.122. The van der Waals surface area contributed by atoms with Crippen molar-refractivity contribution in [3.63, 3.8) is 0 Å². The van der Waals surface area contributed by atoms with Gasteiger partial charge in [0.25, 0.3) is 0 Å². The molecule has 3 heterocycles. The second kappa shape index (κ2) is 4.73. The topological polar surface area (TPSA) is 24.7 Å². The molecule has 3 aromatic rings. The van der Waals surface area contributed by atoms with Crippen LogP contribution in [0.2, 0.25) is 0 Å². The van der Waals surface area contributed by atoms with E-state index in [1.165, 1.54) is 27.8 Å². The fourth-order valence-electron chi connectivity index (χ4n) is 3.29. The van der Waals surface area contributed by atoms with Crippen LogP contribution in [-0.4, -0.2) is 16.9 Å². The summed E-state index contributed by atoms with van der Waals surface area (Å²) in [6.07, 6.45) is 5.20. The standard InChI is InChI=1S/C19H18N2O/c1-13-5-7-20-12-17(11-18(20)9-13)15-3-4-19-16(10-15)6-8-21(19)14(2)22/h3-5,7,9-12H,6,8H2,1-2H3. The number of aryl methyl sites for hydroxylation is 1. The van der Waals surface area contributed by atoms with Gasteiger partial charge < -0.3 is 9.30 Å². The zero-order valence-corrected chi connectivity index (χ0v) is 12.8. The van der Waals surface area contributed by atoms with Crippen LogP contribution in [0.5, 0.6) is 0 Å². The Kier molecular flexibility index (Phi) is 2.83. The maximum atomic E-state index is 11.6. The lowest BCUT2D eigenvalue weighted by atomic mass is 10.0. The maximum absolute atomic E-state index is 11.6. The van der Waals surface area contributed by atoms with Gasteiger partial charge in [0.1, 0.15) is 0 Å². The first-order valence-electron chi connectivity index (χ1n) is 7.61. The Bertz CT molecular complexity index is 892. The van der Waals surface area contributed by atoms with Gasteiger partial charge in [0.05, 0.1) is 0 Å². The fraction of sp³-hybridized carbons (Fsp3) is 0.211. The Hall–Kier alpha value is -2.55. The molecule has 0 aliphatic carbocycles. The van der Waals surface area contributed by atoms with Crippen molar-refractivity contribution in [2.75, 3.05) is 11.4 Å². The number of benzene rings is 1. The van der Waals surface area contributed by atoms with E-state index in [1.807, 2.05) is 4.90 Å². The smallest absolute Gasteiger partial charge is 0.223 e. The predicted molar refractivity (Wildman–Crippen MR) is 89.3 cm³/mol. The molecule has 1 amide bonds. The van der Waals surface area contributed by atoms with Crippen LogP contribution in [0.25, 0.3) is 16.6 Å². The highest BCUT2D eigenvalue weighted by molar-refractivity contribution is 5.94. The van der Waals surface area contributed by atoms with Crippen LogP contribution in [0, 0.1) is 6.92 Å². The molecule has 1 aromatic carbocycles. The summed E-state index contributed by atoms with van der Waals surface area (Å²) in [5.41, 5.74) is 7.24. The van der Waals surface area contributed by atoms with E-state index >= 15 is 0 Å². The lowest BCUT2D eigenvalue weighted by molar-refractivity contribution is -0.116. The number of aromatic nitrogens is 1.